The van der Waals surface area contributed by atoms with Gasteiger partial charge in [0.2, 0.25) is 11.9 Å². The lowest BCUT2D eigenvalue weighted by Crippen LogP contribution is -2.37. The Morgan fingerprint density at radius 2 is 0.773 bits per heavy atom. The highest BCUT2D eigenvalue weighted by molar-refractivity contribution is 5.92. The summed E-state index contributed by atoms with van der Waals surface area (Å²) in [5.41, 5.74) is 19.1. The molecule has 0 saturated heterocycles. The van der Waals surface area contributed by atoms with Gasteiger partial charge in [0.1, 0.15) is 0 Å². The molecule has 14 nitrogen and oxygen atoms in total. The van der Waals surface area contributed by atoms with Crippen LogP contribution in [0.25, 0.3) is 0 Å². The average molecular weight is 926 g/mol. The van der Waals surface area contributed by atoms with Gasteiger partial charge in [-0.3, -0.25) is 15.6 Å². The standard InChI is InChI=1S/2C22H38O2.2C4H11N5/c2*1-4-5-6-7-8-9-10-11-12-13-14-15-16-17-18-19-20-22(2,3)21(23)24;2*1-9(2)4(7)8-3(5)6/h2*5-6,8-9,11-12H,4,7,10,13-20H2,1-3H3,(H,23,24);2*1-2H3,(H5,5,6,7,8)/p-1/b2*6-5-,9-8-,12-11-;;. The van der Waals surface area contributed by atoms with E-state index in [-0.39, 0.29) is 23.8 Å². The van der Waals surface area contributed by atoms with Crippen LogP contribution in [0.1, 0.15) is 183 Å². The van der Waals surface area contributed by atoms with E-state index in [4.69, 9.17) is 38.9 Å². The fourth-order valence-electron chi connectivity index (χ4n) is 5.38. The molecule has 0 aliphatic heterocycles. The minimum absolute atomic E-state index is 0.238. The quantitative estimate of drug-likeness (QED) is 0.0155. The molecule has 0 amide bonds. The van der Waals surface area contributed by atoms with Crippen LogP contribution in [0.3, 0.4) is 0 Å². The summed E-state index contributed by atoms with van der Waals surface area (Å²) in [4.78, 5) is 31.9. The van der Waals surface area contributed by atoms with Crippen LogP contribution < -0.4 is 28.0 Å². The van der Waals surface area contributed by atoms with Crippen LogP contribution in [0.5, 0.6) is 0 Å². The van der Waals surface area contributed by atoms with Gasteiger partial charge in [-0.1, -0.05) is 165 Å². The molecule has 0 aromatic heterocycles. The van der Waals surface area contributed by atoms with Crippen molar-refractivity contribution in [2.75, 3.05) is 28.2 Å². The van der Waals surface area contributed by atoms with E-state index in [9.17, 15) is 14.7 Å². The van der Waals surface area contributed by atoms with Crippen molar-refractivity contribution in [2.45, 2.75) is 183 Å². The Kier molecular flexibility index (Phi) is 47.4. The minimum atomic E-state index is -0.929. The molecule has 0 fully saturated rings. The first kappa shape index (κ1) is 67.5. The van der Waals surface area contributed by atoms with Crippen LogP contribution in [0, 0.1) is 21.6 Å². The summed E-state index contributed by atoms with van der Waals surface area (Å²) in [5, 5.41) is 33.3. The summed E-state index contributed by atoms with van der Waals surface area (Å²) in [7, 11) is 6.90. The van der Waals surface area contributed by atoms with Crippen LogP contribution in [0.2, 0.25) is 0 Å². The molecule has 0 aromatic carbocycles. The minimum Gasteiger partial charge on any atom is -0.550 e. The molecule has 0 spiro atoms. The van der Waals surface area contributed by atoms with Crippen LogP contribution in [-0.4, -0.2) is 78.9 Å². The summed E-state index contributed by atoms with van der Waals surface area (Å²) >= 11 is 0. The highest BCUT2D eigenvalue weighted by Crippen LogP contribution is 2.25. The zero-order chi connectivity index (χ0) is 51.1. The Morgan fingerprint density at radius 1 is 0.500 bits per heavy atom. The fourth-order valence-corrected chi connectivity index (χ4v) is 5.38. The number of carbonyl (C=O) groups is 2. The SMILES string of the molecule is CC/C=C\C/C=C\C/C=C\CCCCCCCCC(C)(C)C(=O)O.CC/C=C\C/C=C\C/C=C\CCCCCCCCC(C)(C)C(=O)[O-].CN(C)C(N)=NC(=N)N.CN(C)C(N)=NC(=N)N. The number of nitrogens with zero attached hydrogens (tertiary/aromatic N) is 4. The number of hydrogen-bond acceptors (Lipinski definition) is 5. The average Bonchev–Trinajstić information content (AvgIpc) is 3.23. The summed E-state index contributed by atoms with van der Waals surface area (Å²) in [6, 6.07) is 0. The monoisotopic (exact) mass is 926 g/mol. The number of aliphatic carboxylic acids is 2. The molecule has 0 aliphatic rings. The number of guanidine groups is 4. The van der Waals surface area contributed by atoms with Gasteiger partial charge >= 0.3 is 5.97 Å². The second-order valence-corrected chi connectivity index (χ2v) is 17.8. The van der Waals surface area contributed by atoms with Crippen molar-refractivity contribution in [3.8, 4) is 0 Å². The van der Waals surface area contributed by atoms with Gasteiger partial charge in [-0.25, -0.2) is 0 Å². The molecule has 0 aliphatic carbocycles. The van der Waals surface area contributed by atoms with Crippen molar-refractivity contribution in [1.82, 2.24) is 9.80 Å². The molecule has 0 heterocycles. The van der Waals surface area contributed by atoms with Crippen molar-refractivity contribution in [3.63, 3.8) is 0 Å². The van der Waals surface area contributed by atoms with Gasteiger partial charge in [0.05, 0.1) is 5.41 Å². The predicted molar refractivity (Wildman–Crippen MR) is 282 cm³/mol. The van der Waals surface area contributed by atoms with E-state index in [0.717, 1.165) is 77.0 Å². The number of allylic oxidation sites excluding steroid dienone is 12. The normalized spacial score (nSPS) is 12.3. The number of carboxylic acid groups (broad SMARTS) is 2. The molecule has 11 N–H and O–H groups in total. The molecule has 380 valence electrons. The van der Waals surface area contributed by atoms with Gasteiger partial charge < -0.3 is 47.7 Å². The number of hydrogen-bond donors (Lipinski definition) is 7. The predicted octanol–water partition coefficient (Wildman–Crippen LogP) is 10.3. The van der Waals surface area contributed by atoms with Crippen molar-refractivity contribution >= 4 is 35.8 Å². The molecule has 0 saturated carbocycles. The molecule has 0 radical (unpaired) electrons. The number of nitrogens with two attached hydrogens (primary N) is 4. The van der Waals surface area contributed by atoms with E-state index in [1.807, 2.05) is 13.8 Å². The second kappa shape index (κ2) is 46.4. The lowest BCUT2D eigenvalue weighted by atomic mass is 9.87. The molecular formula is C52H97N10O4-. The van der Waals surface area contributed by atoms with Gasteiger partial charge in [0.25, 0.3) is 0 Å². The zero-order valence-electron chi connectivity index (χ0n) is 43.3. The summed E-state index contributed by atoms with van der Waals surface area (Å²) < 4.78 is 0. The maximum Gasteiger partial charge on any atom is 0.309 e. The number of nitrogens with one attached hydrogen (secondary N) is 2. The second-order valence-electron chi connectivity index (χ2n) is 17.8. The van der Waals surface area contributed by atoms with E-state index in [1.165, 1.54) is 64.2 Å². The maximum atomic E-state index is 11.0. The molecule has 0 atom stereocenters. The largest absolute Gasteiger partial charge is 0.550 e. The summed E-state index contributed by atoms with van der Waals surface area (Å²) in [6.07, 6.45) is 51.4. The Balaban J connectivity index is -0.000000427. The third-order valence-corrected chi connectivity index (χ3v) is 9.92. The zero-order valence-corrected chi connectivity index (χ0v) is 43.3. The lowest BCUT2D eigenvalue weighted by molar-refractivity contribution is -0.317. The van der Waals surface area contributed by atoms with Gasteiger partial charge in [-0.2, -0.15) is 9.98 Å². The van der Waals surface area contributed by atoms with E-state index in [2.05, 4.69) is 96.7 Å². The first-order valence-corrected chi connectivity index (χ1v) is 24.1. The topological polar surface area (TPSA) is 260 Å². The molecule has 0 rings (SSSR count). The lowest BCUT2D eigenvalue weighted by Gasteiger charge is -2.25. The Labute approximate surface area is 402 Å². The number of unbranched alkanes of at least 4 members (excludes halogenated alkanes) is 12. The Hall–Kier alpha value is -5.14. The molecule has 0 unspecified atom stereocenters. The van der Waals surface area contributed by atoms with Crippen LogP contribution >= 0.6 is 0 Å². The van der Waals surface area contributed by atoms with Gasteiger partial charge in [0, 0.05) is 39.6 Å². The number of carboxylic acids is 2. The van der Waals surface area contributed by atoms with Crippen molar-refractivity contribution < 1.29 is 19.8 Å². The maximum absolute atomic E-state index is 11.0. The van der Waals surface area contributed by atoms with Gasteiger partial charge in [-0.05, 0) is 90.9 Å². The van der Waals surface area contributed by atoms with Crippen LogP contribution in [0.15, 0.2) is 82.9 Å². The van der Waals surface area contributed by atoms with Crippen molar-refractivity contribution in [2.24, 2.45) is 43.7 Å². The Bertz CT molecular complexity index is 1380. The molecule has 0 bridgehead atoms. The molecular weight excluding hydrogens is 829 g/mol. The van der Waals surface area contributed by atoms with Crippen molar-refractivity contribution in [1.29, 1.82) is 10.8 Å². The van der Waals surface area contributed by atoms with Crippen LogP contribution in [-0.2, 0) is 9.59 Å². The van der Waals surface area contributed by atoms with E-state index < -0.39 is 22.8 Å². The number of carbonyl (C=O) groups excluding carboxylic acids is 1. The highest BCUT2D eigenvalue weighted by Gasteiger charge is 2.25. The molecule has 14 heteroatoms. The van der Waals surface area contributed by atoms with E-state index >= 15 is 0 Å². The highest BCUT2D eigenvalue weighted by atomic mass is 16.4. The van der Waals surface area contributed by atoms with E-state index in [1.54, 1.807) is 51.8 Å². The Morgan fingerprint density at radius 3 is 1.03 bits per heavy atom. The summed E-state index contributed by atoms with van der Waals surface area (Å²) in [5.74, 6) is -1.68. The number of aliphatic imine (C=N–C) groups is 2. The smallest absolute Gasteiger partial charge is 0.309 e. The summed E-state index contributed by atoms with van der Waals surface area (Å²) in [6.45, 7) is 11.5. The van der Waals surface area contributed by atoms with Gasteiger partial charge in [-0.15, -0.1) is 0 Å². The van der Waals surface area contributed by atoms with Gasteiger partial charge in [0.15, 0.2) is 11.9 Å². The van der Waals surface area contributed by atoms with Crippen molar-refractivity contribution in [3.05, 3.63) is 72.9 Å². The molecule has 66 heavy (non-hydrogen) atoms. The third kappa shape index (κ3) is 53.2. The fraction of sp³-hybridized carbons (Fsp3) is 0.654. The van der Waals surface area contributed by atoms with E-state index in [0.29, 0.717) is 0 Å². The molecule has 0 aromatic rings. The number of rotatable bonds is 30. The third-order valence-electron chi connectivity index (χ3n) is 9.92. The van der Waals surface area contributed by atoms with Crippen LogP contribution in [0.4, 0.5) is 0 Å². The first-order valence-electron chi connectivity index (χ1n) is 24.1. The first-order chi connectivity index (χ1) is 31.1.